The Bertz CT molecular complexity index is 558. The van der Waals surface area contributed by atoms with Gasteiger partial charge in [0.05, 0.1) is 14.8 Å². The van der Waals surface area contributed by atoms with Crippen molar-refractivity contribution < 1.29 is 9.53 Å². The molecule has 1 aromatic carbocycles. The van der Waals surface area contributed by atoms with Gasteiger partial charge in [0, 0.05) is 0 Å². The Morgan fingerprint density at radius 3 is 2.29 bits per heavy atom. The number of hydrogen-bond donors (Lipinski definition) is 1. The van der Waals surface area contributed by atoms with Crippen LogP contribution in [0, 0.1) is 0 Å². The van der Waals surface area contributed by atoms with Crippen LogP contribution in [0.15, 0.2) is 18.2 Å². The van der Waals surface area contributed by atoms with Gasteiger partial charge in [0.25, 0.3) is 0 Å². The van der Waals surface area contributed by atoms with E-state index < -0.39 is 14.4 Å². The molecular formula is C17H27NO2Si. The molecule has 116 valence electrons. The standard InChI is InChI=1S/C17H27NO2Si/c1-16(2,3)11-8-9-12(13(10-11)21(6)7)14-17(4,5)20-15(19)18-14/h8-10,14,21H,1-7H3,(H,18,19)/t14-/m0/s1. The van der Waals surface area contributed by atoms with Crippen molar-refractivity contribution in [2.75, 3.05) is 0 Å². The lowest BCUT2D eigenvalue weighted by atomic mass is 9.85. The van der Waals surface area contributed by atoms with E-state index >= 15 is 0 Å². The van der Waals surface area contributed by atoms with Crippen molar-refractivity contribution in [1.29, 1.82) is 0 Å². The number of ether oxygens (including phenoxy) is 1. The van der Waals surface area contributed by atoms with Crippen molar-refractivity contribution >= 4 is 20.1 Å². The SMILES string of the molecule is C[SiH](C)c1cc(C(C)(C)C)ccc1[C@@H]1NC(=O)OC1(C)C. The molecule has 0 aromatic heterocycles. The summed E-state index contributed by atoms with van der Waals surface area (Å²) in [5, 5.41) is 4.40. The largest absolute Gasteiger partial charge is 0.441 e. The molecule has 0 saturated carbocycles. The summed E-state index contributed by atoms with van der Waals surface area (Å²) in [5.74, 6) is 0. The maximum Gasteiger partial charge on any atom is 0.408 e. The zero-order valence-corrected chi connectivity index (χ0v) is 15.4. The zero-order valence-electron chi connectivity index (χ0n) is 14.2. The fourth-order valence-corrected chi connectivity index (χ4v) is 4.32. The minimum absolute atomic E-state index is 0.0658. The second kappa shape index (κ2) is 5.16. The summed E-state index contributed by atoms with van der Waals surface area (Å²) >= 11 is 0. The van der Waals surface area contributed by atoms with E-state index in [1.54, 1.807) is 0 Å². The van der Waals surface area contributed by atoms with Crippen LogP contribution in [0.1, 0.15) is 51.8 Å². The summed E-state index contributed by atoms with van der Waals surface area (Å²) in [5.41, 5.74) is 2.21. The molecule has 0 aliphatic carbocycles. The summed E-state index contributed by atoms with van der Waals surface area (Å²) in [6, 6.07) is 6.65. The van der Waals surface area contributed by atoms with Crippen LogP contribution in [0.4, 0.5) is 4.79 Å². The number of rotatable bonds is 2. The summed E-state index contributed by atoms with van der Waals surface area (Å²) in [7, 11) is -1.01. The van der Waals surface area contributed by atoms with E-state index in [2.05, 4.69) is 57.4 Å². The molecule has 0 bridgehead atoms. The molecule has 1 atom stereocenters. The molecule has 1 aromatic rings. The molecule has 1 N–H and O–H groups in total. The van der Waals surface area contributed by atoms with Crippen LogP contribution in [0.3, 0.4) is 0 Å². The predicted molar refractivity (Wildman–Crippen MR) is 90.1 cm³/mol. The first kappa shape index (κ1) is 16.1. The topological polar surface area (TPSA) is 38.3 Å². The van der Waals surface area contributed by atoms with E-state index in [9.17, 15) is 4.79 Å². The number of carbonyl (C=O) groups is 1. The van der Waals surface area contributed by atoms with Gasteiger partial charge >= 0.3 is 6.09 Å². The first-order valence-electron chi connectivity index (χ1n) is 7.66. The van der Waals surface area contributed by atoms with Crippen LogP contribution in [0.5, 0.6) is 0 Å². The molecule has 2 rings (SSSR count). The molecule has 1 aliphatic heterocycles. The monoisotopic (exact) mass is 305 g/mol. The predicted octanol–water partition coefficient (Wildman–Crippen LogP) is 3.24. The molecule has 1 fully saturated rings. The van der Waals surface area contributed by atoms with Gasteiger partial charge in [-0.3, -0.25) is 0 Å². The fourth-order valence-electron chi connectivity index (χ4n) is 2.88. The summed E-state index contributed by atoms with van der Waals surface area (Å²) in [6.07, 6.45) is -0.318. The van der Waals surface area contributed by atoms with Crippen LogP contribution < -0.4 is 10.5 Å². The van der Waals surface area contributed by atoms with Gasteiger partial charge in [0.2, 0.25) is 0 Å². The number of carbonyl (C=O) groups excluding carboxylic acids is 1. The minimum Gasteiger partial charge on any atom is -0.441 e. The fraction of sp³-hybridized carbons (Fsp3) is 0.588. The molecule has 1 heterocycles. The first-order chi connectivity index (χ1) is 9.52. The highest BCUT2D eigenvalue weighted by atomic mass is 28.3. The highest BCUT2D eigenvalue weighted by Crippen LogP contribution is 2.34. The van der Waals surface area contributed by atoms with Crippen molar-refractivity contribution in [2.24, 2.45) is 0 Å². The Hall–Kier alpha value is -1.29. The molecule has 1 aliphatic rings. The van der Waals surface area contributed by atoms with Gasteiger partial charge in [0.1, 0.15) is 5.60 Å². The van der Waals surface area contributed by atoms with Gasteiger partial charge in [-0.1, -0.05) is 57.3 Å². The maximum atomic E-state index is 11.6. The van der Waals surface area contributed by atoms with Crippen LogP contribution >= 0.6 is 0 Å². The lowest BCUT2D eigenvalue weighted by Crippen LogP contribution is -2.38. The van der Waals surface area contributed by atoms with Crippen molar-refractivity contribution in [2.45, 2.75) is 64.8 Å². The Morgan fingerprint density at radius 2 is 1.86 bits per heavy atom. The number of cyclic esters (lactones) is 1. The second-order valence-corrected chi connectivity index (χ2v) is 10.8. The van der Waals surface area contributed by atoms with Gasteiger partial charge in [-0.15, -0.1) is 0 Å². The molecule has 1 amide bonds. The molecule has 0 unspecified atom stereocenters. The van der Waals surface area contributed by atoms with Crippen molar-refractivity contribution in [3.8, 4) is 0 Å². The number of hydrogen-bond acceptors (Lipinski definition) is 2. The molecule has 0 spiro atoms. The number of benzene rings is 1. The average Bonchev–Trinajstić information content (AvgIpc) is 2.60. The lowest BCUT2D eigenvalue weighted by Gasteiger charge is -2.29. The van der Waals surface area contributed by atoms with E-state index in [-0.39, 0.29) is 17.6 Å². The highest BCUT2D eigenvalue weighted by Gasteiger charge is 2.43. The Morgan fingerprint density at radius 1 is 1.24 bits per heavy atom. The first-order valence-corrected chi connectivity index (χ1v) is 10.5. The van der Waals surface area contributed by atoms with Gasteiger partial charge in [0.15, 0.2) is 0 Å². The molecular weight excluding hydrogens is 278 g/mol. The van der Waals surface area contributed by atoms with Gasteiger partial charge in [-0.25, -0.2) is 4.79 Å². The quantitative estimate of drug-likeness (QED) is 0.852. The highest BCUT2D eigenvalue weighted by molar-refractivity contribution is 6.71. The van der Waals surface area contributed by atoms with Crippen LogP contribution in [-0.2, 0) is 10.2 Å². The second-order valence-electron chi connectivity index (χ2n) is 7.82. The molecule has 1 saturated heterocycles. The molecule has 4 heteroatoms. The van der Waals surface area contributed by atoms with E-state index in [1.165, 1.54) is 16.3 Å². The van der Waals surface area contributed by atoms with Crippen molar-refractivity contribution in [3.05, 3.63) is 29.3 Å². The van der Waals surface area contributed by atoms with Crippen LogP contribution in [-0.4, -0.2) is 20.5 Å². The Kier molecular flexibility index (Phi) is 3.95. The third-order valence-electron chi connectivity index (χ3n) is 4.20. The van der Waals surface area contributed by atoms with Gasteiger partial charge < -0.3 is 10.1 Å². The lowest BCUT2D eigenvalue weighted by molar-refractivity contribution is 0.0686. The summed E-state index contributed by atoms with van der Waals surface area (Å²) < 4.78 is 5.41. The summed E-state index contributed by atoms with van der Waals surface area (Å²) in [6.45, 7) is 15.3. The number of alkyl carbamates (subject to hydrolysis) is 1. The summed E-state index contributed by atoms with van der Waals surface area (Å²) in [4.78, 5) is 11.6. The normalized spacial score (nSPS) is 21.3. The zero-order chi connectivity index (χ0) is 16.0. The van der Waals surface area contributed by atoms with Crippen molar-refractivity contribution in [3.63, 3.8) is 0 Å². The Balaban J connectivity index is 2.52. The number of amides is 1. The van der Waals surface area contributed by atoms with E-state index in [4.69, 9.17) is 4.74 Å². The van der Waals surface area contributed by atoms with Crippen molar-refractivity contribution in [1.82, 2.24) is 5.32 Å². The van der Waals surface area contributed by atoms with Gasteiger partial charge in [-0.2, -0.15) is 0 Å². The molecule has 0 radical (unpaired) electrons. The van der Waals surface area contributed by atoms with Crippen LogP contribution in [0.2, 0.25) is 13.1 Å². The molecule has 3 nitrogen and oxygen atoms in total. The van der Waals surface area contributed by atoms with E-state index in [0.717, 1.165) is 0 Å². The average molecular weight is 305 g/mol. The molecule has 21 heavy (non-hydrogen) atoms. The third kappa shape index (κ3) is 3.15. The van der Waals surface area contributed by atoms with Gasteiger partial charge in [-0.05, 0) is 30.4 Å². The van der Waals surface area contributed by atoms with E-state index in [1.807, 2.05) is 13.8 Å². The number of nitrogens with one attached hydrogen (secondary N) is 1. The Labute approximate surface area is 129 Å². The third-order valence-corrected chi connectivity index (χ3v) is 5.94. The minimum atomic E-state index is -1.01. The maximum absolute atomic E-state index is 11.6. The smallest absolute Gasteiger partial charge is 0.408 e. The van der Waals surface area contributed by atoms with Crippen LogP contribution in [0.25, 0.3) is 0 Å². The van der Waals surface area contributed by atoms with E-state index in [0.29, 0.717) is 0 Å².